The van der Waals surface area contributed by atoms with Crippen LogP contribution >= 0.6 is 11.3 Å². The molecular formula is C27H35N3O4S2. The highest BCUT2D eigenvalue weighted by Crippen LogP contribution is 2.16. The second-order valence-corrected chi connectivity index (χ2v) is 12.0. The first-order valence-electron chi connectivity index (χ1n) is 12.3. The van der Waals surface area contributed by atoms with Crippen LogP contribution in [0.5, 0.6) is 0 Å². The van der Waals surface area contributed by atoms with Crippen LogP contribution in [0, 0.1) is 0 Å². The second-order valence-electron chi connectivity index (χ2n) is 8.92. The minimum atomic E-state index is -3.46. The Morgan fingerprint density at radius 2 is 1.56 bits per heavy atom. The molecule has 1 amide bonds. The van der Waals surface area contributed by atoms with Crippen molar-refractivity contribution in [2.24, 2.45) is 0 Å². The third-order valence-corrected chi connectivity index (χ3v) is 8.91. The van der Waals surface area contributed by atoms with Crippen molar-refractivity contribution in [1.82, 2.24) is 15.0 Å². The maximum Gasteiger partial charge on any atom is 0.407 e. The third kappa shape index (κ3) is 9.37. The summed E-state index contributed by atoms with van der Waals surface area (Å²) in [6, 6.07) is 19.3. The van der Waals surface area contributed by atoms with Gasteiger partial charge in [-0.05, 0) is 50.2 Å². The van der Waals surface area contributed by atoms with Crippen molar-refractivity contribution in [3.8, 4) is 0 Å². The highest BCUT2D eigenvalue weighted by Gasteiger charge is 2.25. The molecule has 0 saturated heterocycles. The van der Waals surface area contributed by atoms with E-state index < -0.39 is 21.4 Å². The molecule has 3 aromatic rings. The number of thiazole rings is 1. The van der Waals surface area contributed by atoms with Crippen LogP contribution in [0.3, 0.4) is 0 Å². The van der Waals surface area contributed by atoms with E-state index in [0.717, 1.165) is 16.0 Å². The molecule has 3 rings (SSSR count). The Bertz CT molecular complexity index is 1140. The fourth-order valence-electron chi connectivity index (χ4n) is 3.85. The van der Waals surface area contributed by atoms with Crippen molar-refractivity contribution < 1.29 is 17.9 Å². The van der Waals surface area contributed by atoms with Crippen LogP contribution in [0.4, 0.5) is 4.79 Å². The number of nitrogens with zero attached hydrogens (tertiary/aromatic N) is 1. The summed E-state index contributed by atoms with van der Waals surface area (Å²) in [5.41, 5.74) is 3.85. The molecule has 0 aliphatic carbocycles. The van der Waals surface area contributed by atoms with E-state index in [4.69, 9.17) is 4.74 Å². The zero-order valence-electron chi connectivity index (χ0n) is 20.8. The molecule has 7 nitrogen and oxygen atoms in total. The number of alkyl carbamates (subject to hydrolysis) is 1. The largest absolute Gasteiger partial charge is 0.444 e. The molecule has 0 aliphatic heterocycles. The molecule has 0 fully saturated rings. The normalized spacial score (nSPS) is 14.1. The monoisotopic (exact) mass is 529 g/mol. The lowest BCUT2D eigenvalue weighted by atomic mass is 9.96. The predicted molar refractivity (Wildman–Crippen MR) is 144 cm³/mol. The van der Waals surface area contributed by atoms with E-state index >= 15 is 0 Å². The maximum absolute atomic E-state index is 12.9. The lowest BCUT2D eigenvalue weighted by Gasteiger charge is -2.24. The first kappa shape index (κ1) is 27.8. The summed E-state index contributed by atoms with van der Waals surface area (Å²) < 4.78 is 34.1. The van der Waals surface area contributed by atoms with E-state index in [2.05, 4.69) is 15.0 Å². The van der Waals surface area contributed by atoms with E-state index in [-0.39, 0.29) is 18.7 Å². The number of hydrogen-bond acceptors (Lipinski definition) is 6. The van der Waals surface area contributed by atoms with Crippen molar-refractivity contribution in [2.45, 2.75) is 69.9 Å². The van der Waals surface area contributed by atoms with Crippen LogP contribution in [0.2, 0.25) is 0 Å². The van der Waals surface area contributed by atoms with E-state index in [1.54, 1.807) is 18.6 Å². The Morgan fingerprint density at radius 3 is 2.11 bits per heavy atom. The average Bonchev–Trinajstić information content (AvgIpc) is 3.40. The molecule has 194 valence electrons. The number of aromatic nitrogens is 1. The Labute approximate surface area is 218 Å². The smallest absolute Gasteiger partial charge is 0.407 e. The summed E-state index contributed by atoms with van der Waals surface area (Å²) in [5.74, 6) is 0. The van der Waals surface area contributed by atoms with Crippen LogP contribution in [0.1, 0.15) is 49.1 Å². The number of benzene rings is 2. The predicted octanol–water partition coefficient (Wildman–Crippen LogP) is 5.09. The summed E-state index contributed by atoms with van der Waals surface area (Å²) in [6.07, 6.45) is 4.07. The summed E-state index contributed by atoms with van der Waals surface area (Å²) >= 11 is 1.43. The van der Waals surface area contributed by atoms with Crippen molar-refractivity contribution >= 4 is 27.5 Å². The van der Waals surface area contributed by atoms with Crippen molar-refractivity contribution in [3.05, 3.63) is 88.4 Å². The van der Waals surface area contributed by atoms with Gasteiger partial charge >= 0.3 is 6.09 Å². The van der Waals surface area contributed by atoms with Gasteiger partial charge in [-0.3, -0.25) is 4.98 Å². The average molecular weight is 530 g/mol. The van der Waals surface area contributed by atoms with Crippen LogP contribution in [0.15, 0.2) is 72.4 Å². The summed E-state index contributed by atoms with van der Waals surface area (Å²) in [4.78, 5) is 17.4. The van der Waals surface area contributed by atoms with Crippen molar-refractivity contribution in [2.75, 3.05) is 0 Å². The van der Waals surface area contributed by atoms with Crippen LogP contribution in [-0.4, -0.2) is 36.8 Å². The van der Waals surface area contributed by atoms with Crippen LogP contribution in [0.25, 0.3) is 0 Å². The lowest BCUT2D eigenvalue weighted by Crippen LogP contribution is -2.43. The number of hydrogen-bond donors (Lipinski definition) is 2. The van der Waals surface area contributed by atoms with Crippen molar-refractivity contribution in [3.63, 3.8) is 0 Å². The van der Waals surface area contributed by atoms with Gasteiger partial charge in [0.2, 0.25) is 10.0 Å². The number of ether oxygens (including phenoxy) is 1. The Balaban J connectivity index is 1.69. The standard InChI is InChI=1S/C27H35N3O4S2/c1-3-21(2)36(32,33)30-25(17-23-12-8-5-9-13-23)15-14-24(16-22-10-6-4-7-11-22)29-27(31)34-19-26-18-28-20-35-26/h4-13,18,20-21,24-25,30H,3,14-17,19H2,1-2H3,(H,29,31). The number of amides is 1. The molecule has 0 bridgehead atoms. The van der Waals surface area contributed by atoms with Gasteiger partial charge in [0.15, 0.2) is 0 Å². The fraction of sp³-hybridized carbons (Fsp3) is 0.407. The van der Waals surface area contributed by atoms with Gasteiger partial charge in [0.1, 0.15) is 6.61 Å². The number of sulfonamides is 1. The van der Waals surface area contributed by atoms with E-state index in [1.807, 2.05) is 67.6 Å². The minimum absolute atomic E-state index is 0.167. The van der Waals surface area contributed by atoms with E-state index in [9.17, 15) is 13.2 Å². The molecule has 3 unspecified atom stereocenters. The molecule has 3 atom stereocenters. The maximum atomic E-state index is 12.9. The first-order valence-corrected chi connectivity index (χ1v) is 14.7. The quantitative estimate of drug-likeness (QED) is 0.303. The Kier molecular flexibility index (Phi) is 10.9. The molecule has 36 heavy (non-hydrogen) atoms. The molecule has 2 aromatic carbocycles. The van der Waals surface area contributed by atoms with Crippen molar-refractivity contribution in [1.29, 1.82) is 0 Å². The highest BCUT2D eigenvalue weighted by atomic mass is 32.2. The van der Waals surface area contributed by atoms with Gasteiger partial charge in [0.25, 0.3) is 0 Å². The Hall–Kier alpha value is -2.75. The fourth-order valence-corrected chi connectivity index (χ4v) is 5.70. The molecule has 0 aliphatic rings. The van der Waals surface area contributed by atoms with Crippen LogP contribution in [-0.2, 0) is 34.2 Å². The summed E-state index contributed by atoms with van der Waals surface area (Å²) in [7, 11) is -3.46. The minimum Gasteiger partial charge on any atom is -0.444 e. The number of carbonyl (C=O) groups excluding carboxylic acids is 1. The Morgan fingerprint density at radius 1 is 0.972 bits per heavy atom. The molecule has 0 radical (unpaired) electrons. The van der Waals surface area contributed by atoms with Crippen LogP contribution < -0.4 is 10.0 Å². The number of rotatable bonds is 14. The molecule has 0 spiro atoms. The summed E-state index contributed by atoms with van der Waals surface area (Å²) in [5, 5.41) is 2.51. The topological polar surface area (TPSA) is 97.4 Å². The SMILES string of the molecule is CCC(C)S(=O)(=O)NC(CCC(Cc1ccccc1)NC(=O)OCc1cncs1)Cc1ccccc1. The number of nitrogens with one attached hydrogen (secondary N) is 2. The van der Waals surface area contributed by atoms with Gasteiger partial charge in [-0.25, -0.2) is 17.9 Å². The third-order valence-electron chi connectivity index (χ3n) is 6.10. The van der Waals surface area contributed by atoms with Gasteiger partial charge in [-0.1, -0.05) is 67.6 Å². The highest BCUT2D eigenvalue weighted by molar-refractivity contribution is 7.90. The van der Waals surface area contributed by atoms with Gasteiger partial charge in [0.05, 0.1) is 15.6 Å². The zero-order valence-corrected chi connectivity index (χ0v) is 22.4. The number of carbonyl (C=O) groups is 1. The molecule has 2 N–H and O–H groups in total. The zero-order chi connectivity index (χ0) is 25.8. The van der Waals surface area contributed by atoms with Gasteiger partial charge in [-0.15, -0.1) is 11.3 Å². The van der Waals surface area contributed by atoms with E-state index in [0.29, 0.717) is 32.1 Å². The summed E-state index contributed by atoms with van der Waals surface area (Å²) in [6.45, 7) is 3.76. The van der Waals surface area contributed by atoms with Gasteiger partial charge in [-0.2, -0.15) is 0 Å². The molecular weight excluding hydrogens is 494 g/mol. The van der Waals surface area contributed by atoms with Gasteiger partial charge < -0.3 is 10.1 Å². The molecule has 1 aromatic heterocycles. The lowest BCUT2D eigenvalue weighted by molar-refractivity contribution is 0.135. The molecule has 0 saturated carbocycles. The second kappa shape index (κ2) is 14.1. The molecule has 9 heteroatoms. The van der Waals surface area contributed by atoms with E-state index in [1.165, 1.54) is 11.3 Å². The molecule has 1 heterocycles. The van der Waals surface area contributed by atoms with Gasteiger partial charge in [0, 0.05) is 18.3 Å². The first-order chi connectivity index (χ1) is 17.4.